The summed E-state index contributed by atoms with van der Waals surface area (Å²) >= 11 is 5.24. The SMILES string of the molecule is COc1ccc(NC(=S)N[C@@H](C)c2ccc(F)cc2)cn1. The number of ether oxygens (including phenoxy) is 1. The highest BCUT2D eigenvalue weighted by Gasteiger charge is 2.07. The van der Waals surface area contributed by atoms with Crippen LogP contribution in [0.15, 0.2) is 42.6 Å². The van der Waals surface area contributed by atoms with E-state index in [2.05, 4.69) is 15.6 Å². The van der Waals surface area contributed by atoms with E-state index < -0.39 is 0 Å². The fourth-order valence-electron chi connectivity index (χ4n) is 1.77. The van der Waals surface area contributed by atoms with Crippen molar-refractivity contribution in [2.75, 3.05) is 12.4 Å². The van der Waals surface area contributed by atoms with E-state index in [1.165, 1.54) is 12.1 Å². The number of benzene rings is 1. The van der Waals surface area contributed by atoms with Crippen LogP contribution in [0.5, 0.6) is 5.88 Å². The molecule has 0 aliphatic carbocycles. The lowest BCUT2D eigenvalue weighted by Crippen LogP contribution is -2.30. The summed E-state index contributed by atoms with van der Waals surface area (Å²) in [6.07, 6.45) is 1.63. The quantitative estimate of drug-likeness (QED) is 0.849. The molecule has 1 aromatic carbocycles. The first-order valence-electron chi connectivity index (χ1n) is 6.41. The Morgan fingerprint density at radius 1 is 1.24 bits per heavy atom. The Hall–Kier alpha value is -2.21. The summed E-state index contributed by atoms with van der Waals surface area (Å²) in [5.74, 6) is 0.287. The number of rotatable bonds is 4. The van der Waals surface area contributed by atoms with Crippen molar-refractivity contribution in [3.8, 4) is 5.88 Å². The fraction of sp³-hybridized carbons (Fsp3) is 0.200. The number of anilines is 1. The van der Waals surface area contributed by atoms with E-state index in [-0.39, 0.29) is 11.9 Å². The predicted octanol–water partition coefficient (Wildman–Crippen LogP) is 3.28. The second kappa shape index (κ2) is 6.99. The third-order valence-corrected chi connectivity index (χ3v) is 3.14. The van der Waals surface area contributed by atoms with Gasteiger partial charge in [0.1, 0.15) is 5.82 Å². The van der Waals surface area contributed by atoms with Gasteiger partial charge in [0.25, 0.3) is 0 Å². The molecule has 0 spiro atoms. The van der Waals surface area contributed by atoms with Gasteiger partial charge in [0.05, 0.1) is 25.0 Å². The molecule has 2 N–H and O–H groups in total. The van der Waals surface area contributed by atoms with Gasteiger partial charge in [0.2, 0.25) is 5.88 Å². The molecule has 0 radical (unpaired) electrons. The number of aromatic nitrogens is 1. The smallest absolute Gasteiger partial charge is 0.213 e. The van der Waals surface area contributed by atoms with E-state index in [0.29, 0.717) is 11.0 Å². The largest absolute Gasteiger partial charge is 0.481 e. The monoisotopic (exact) mass is 305 g/mol. The molecule has 1 atom stereocenters. The van der Waals surface area contributed by atoms with Gasteiger partial charge in [0, 0.05) is 6.07 Å². The second-order valence-electron chi connectivity index (χ2n) is 4.46. The van der Waals surface area contributed by atoms with Crippen LogP contribution in [0.2, 0.25) is 0 Å². The van der Waals surface area contributed by atoms with Crippen LogP contribution in [0.1, 0.15) is 18.5 Å². The number of halogens is 1. The molecule has 1 heterocycles. The summed E-state index contributed by atoms with van der Waals surface area (Å²) < 4.78 is 17.9. The Morgan fingerprint density at radius 3 is 2.52 bits per heavy atom. The zero-order valence-corrected chi connectivity index (χ0v) is 12.6. The molecule has 0 aliphatic heterocycles. The Labute approximate surface area is 128 Å². The highest BCUT2D eigenvalue weighted by Crippen LogP contribution is 2.14. The minimum absolute atomic E-state index is 0.0307. The van der Waals surface area contributed by atoms with Crippen LogP contribution in [0, 0.1) is 5.82 Å². The Kier molecular flexibility index (Phi) is 5.05. The van der Waals surface area contributed by atoms with Crippen molar-refractivity contribution < 1.29 is 9.13 Å². The standard InChI is InChI=1S/C15H16FN3OS/c1-10(11-3-5-12(16)6-4-11)18-15(21)19-13-7-8-14(20-2)17-9-13/h3-10H,1-2H3,(H2,18,19,21)/t10-/m0/s1. The predicted molar refractivity (Wildman–Crippen MR) is 85.0 cm³/mol. The summed E-state index contributed by atoms with van der Waals surface area (Å²) in [7, 11) is 1.56. The van der Waals surface area contributed by atoms with Gasteiger partial charge in [-0.3, -0.25) is 0 Å². The molecule has 2 rings (SSSR count). The Morgan fingerprint density at radius 2 is 1.95 bits per heavy atom. The molecule has 1 aromatic heterocycles. The van der Waals surface area contributed by atoms with Crippen LogP contribution in [-0.4, -0.2) is 17.2 Å². The van der Waals surface area contributed by atoms with Crippen molar-refractivity contribution >= 4 is 23.0 Å². The molecule has 0 fully saturated rings. The lowest BCUT2D eigenvalue weighted by molar-refractivity contribution is 0.398. The van der Waals surface area contributed by atoms with E-state index in [9.17, 15) is 4.39 Å². The zero-order valence-electron chi connectivity index (χ0n) is 11.8. The average molecular weight is 305 g/mol. The number of hydrogen-bond acceptors (Lipinski definition) is 3. The van der Waals surface area contributed by atoms with E-state index in [4.69, 9.17) is 17.0 Å². The van der Waals surface area contributed by atoms with Crippen molar-refractivity contribution in [1.82, 2.24) is 10.3 Å². The van der Waals surface area contributed by atoms with Gasteiger partial charge in [0.15, 0.2) is 5.11 Å². The first-order chi connectivity index (χ1) is 10.1. The number of pyridine rings is 1. The molecule has 0 saturated heterocycles. The molecule has 2 aromatic rings. The summed E-state index contributed by atoms with van der Waals surface area (Å²) in [5, 5.41) is 6.64. The van der Waals surface area contributed by atoms with Crippen LogP contribution < -0.4 is 15.4 Å². The van der Waals surface area contributed by atoms with Gasteiger partial charge in [-0.25, -0.2) is 9.37 Å². The normalized spacial score (nSPS) is 11.6. The van der Waals surface area contributed by atoms with Gasteiger partial charge in [-0.2, -0.15) is 0 Å². The van der Waals surface area contributed by atoms with Crippen LogP contribution in [-0.2, 0) is 0 Å². The summed E-state index contributed by atoms with van der Waals surface area (Å²) in [6.45, 7) is 1.95. The molecule has 0 bridgehead atoms. The molecule has 0 saturated carbocycles. The van der Waals surface area contributed by atoms with Crippen molar-refractivity contribution in [3.05, 3.63) is 54.0 Å². The van der Waals surface area contributed by atoms with Gasteiger partial charge in [-0.15, -0.1) is 0 Å². The third kappa shape index (κ3) is 4.39. The number of hydrogen-bond donors (Lipinski definition) is 2. The molecule has 6 heteroatoms. The second-order valence-corrected chi connectivity index (χ2v) is 4.87. The maximum Gasteiger partial charge on any atom is 0.213 e. The molecular formula is C15H16FN3OS. The molecule has 0 unspecified atom stereocenters. The van der Waals surface area contributed by atoms with Gasteiger partial charge < -0.3 is 15.4 Å². The van der Waals surface area contributed by atoms with Gasteiger partial charge in [-0.1, -0.05) is 12.1 Å². The lowest BCUT2D eigenvalue weighted by Gasteiger charge is -2.17. The van der Waals surface area contributed by atoms with E-state index >= 15 is 0 Å². The van der Waals surface area contributed by atoms with Crippen LogP contribution in [0.4, 0.5) is 10.1 Å². The zero-order chi connectivity index (χ0) is 15.2. The number of thiocarbonyl (C=S) groups is 1. The molecule has 0 aliphatic rings. The fourth-order valence-corrected chi connectivity index (χ4v) is 2.07. The van der Waals surface area contributed by atoms with Crippen molar-refractivity contribution in [2.45, 2.75) is 13.0 Å². The van der Waals surface area contributed by atoms with E-state index in [1.54, 1.807) is 31.5 Å². The first kappa shape index (κ1) is 15.2. The average Bonchev–Trinajstić information content (AvgIpc) is 2.48. The Balaban J connectivity index is 1.92. The van der Waals surface area contributed by atoms with Crippen LogP contribution >= 0.6 is 12.2 Å². The molecular weight excluding hydrogens is 289 g/mol. The molecule has 0 amide bonds. The van der Waals surface area contributed by atoms with Gasteiger partial charge in [-0.05, 0) is 42.9 Å². The summed E-state index contributed by atoms with van der Waals surface area (Å²) in [4.78, 5) is 4.08. The van der Waals surface area contributed by atoms with E-state index in [1.807, 2.05) is 13.0 Å². The van der Waals surface area contributed by atoms with E-state index in [0.717, 1.165) is 11.3 Å². The minimum atomic E-state index is -0.254. The first-order valence-corrected chi connectivity index (χ1v) is 6.82. The Bertz CT molecular complexity index is 601. The number of methoxy groups -OCH3 is 1. The minimum Gasteiger partial charge on any atom is -0.481 e. The molecule has 21 heavy (non-hydrogen) atoms. The maximum atomic E-state index is 12.9. The molecule has 110 valence electrons. The highest BCUT2D eigenvalue weighted by molar-refractivity contribution is 7.80. The van der Waals surface area contributed by atoms with Crippen LogP contribution in [0.25, 0.3) is 0 Å². The maximum absolute atomic E-state index is 12.9. The van der Waals surface area contributed by atoms with Crippen molar-refractivity contribution in [3.63, 3.8) is 0 Å². The third-order valence-electron chi connectivity index (χ3n) is 2.92. The van der Waals surface area contributed by atoms with Gasteiger partial charge >= 0.3 is 0 Å². The topological polar surface area (TPSA) is 46.2 Å². The highest BCUT2D eigenvalue weighted by atomic mass is 32.1. The van der Waals surface area contributed by atoms with Crippen molar-refractivity contribution in [2.24, 2.45) is 0 Å². The number of nitrogens with zero attached hydrogens (tertiary/aromatic N) is 1. The van der Waals surface area contributed by atoms with Crippen molar-refractivity contribution in [1.29, 1.82) is 0 Å². The summed E-state index contributed by atoms with van der Waals surface area (Å²) in [5.41, 5.74) is 1.72. The number of nitrogens with one attached hydrogen (secondary N) is 2. The molecule has 4 nitrogen and oxygen atoms in total. The van der Waals surface area contributed by atoms with Crippen LogP contribution in [0.3, 0.4) is 0 Å². The lowest BCUT2D eigenvalue weighted by atomic mass is 10.1. The summed E-state index contributed by atoms with van der Waals surface area (Å²) in [6, 6.07) is 9.84.